The molecule has 148 valence electrons. The molecule has 0 aliphatic carbocycles. The molecular formula is C22H26N2O4. The van der Waals surface area contributed by atoms with Crippen LogP contribution in [-0.4, -0.2) is 30.9 Å². The number of carbonyl (C=O) groups excluding carboxylic acids is 3. The third kappa shape index (κ3) is 5.42. The second kappa shape index (κ2) is 9.69. The number of aryl methyl sites for hydroxylation is 2. The molecule has 6 heteroatoms. The molecule has 0 atom stereocenters. The summed E-state index contributed by atoms with van der Waals surface area (Å²) in [7, 11) is 0. The molecule has 2 amide bonds. The van der Waals surface area contributed by atoms with Crippen LogP contribution in [0.5, 0.6) is 0 Å². The number of anilines is 2. The maximum Gasteiger partial charge on any atom is 0.340 e. The molecule has 0 spiro atoms. The van der Waals surface area contributed by atoms with E-state index in [1.807, 2.05) is 32.0 Å². The molecule has 6 nitrogen and oxygen atoms in total. The summed E-state index contributed by atoms with van der Waals surface area (Å²) in [5.41, 5.74) is 3.69. The Morgan fingerprint density at radius 2 is 1.75 bits per heavy atom. The summed E-state index contributed by atoms with van der Waals surface area (Å²) >= 11 is 0. The first-order chi connectivity index (χ1) is 13.3. The average molecular weight is 382 g/mol. The first kappa shape index (κ1) is 21.2. The SMILES string of the molecule is CCOC(=O)c1ccccc1N(CCC(=O)Nc1ccc(C)c(C)c1)C(C)=O. The van der Waals surface area contributed by atoms with Gasteiger partial charge in [-0.2, -0.15) is 0 Å². The van der Waals surface area contributed by atoms with Gasteiger partial charge in [0, 0.05) is 25.6 Å². The highest BCUT2D eigenvalue weighted by atomic mass is 16.5. The van der Waals surface area contributed by atoms with E-state index in [4.69, 9.17) is 4.74 Å². The number of carbonyl (C=O) groups is 3. The Hall–Kier alpha value is -3.15. The zero-order chi connectivity index (χ0) is 20.7. The predicted molar refractivity (Wildman–Crippen MR) is 110 cm³/mol. The molecule has 0 aromatic heterocycles. The van der Waals surface area contributed by atoms with E-state index in [0.29, 0.717) is 11.3 Å². The van der Waals surface area contributed by atoms with Crippen molar-refractivity contribution in [1.82, 2.24) is 0 Å². The highest BCUT2D eigenvalue weighted by Gasteiger charge is 2.20. The molecule has 0 heterocycles. The van der Waals surface area contributed by atoms with Gasteiger partial charge >= 0.3 is 5.97 Å². The van der Waals surface area contributed by atoms with Crippen molar-refractivity contribution in [2.24, 2.45) is 0 Å². The van der Waals surface area contributed by atoms with Crippen LogP contribution < -0.4 is 10.2 Å². The summed E-state index contributed by atoms with van der Waals surface area (Å²) in [6, 6.07) is 12.4. The van der Waals surface area contributed by atoms with Crippen LogP contribution in [0, 0.1) is 13.8 Å². The van der Waals surface area contributed by atoms with Gasteiger partial charge < -0.3 is 15.0 Å². The van der Waals surface area contributed by atoms with E-state index in [1.165, 1.54) is 11.8 Å². The second-order valence-electron chi connectivity index (χ2n) is 6.51. The van der Waals surface area contributed by atoms with Crippen LogP contribution in [0.2, 0.25) is 0 Å². The topological polar surface area (TPSA) is 75.7 Å². The van der Waals surface area contributed by atoms with E-state index in [1.54, 1.807) is 31.2 Å². The third-order valence-electron chi connectivity index (χ3n) is 4.42. The van der Waals surface area contributed by atoms with Gasteiger partial charge in [0.15, 0.2) is 0 Å². The molecule has 0 saturated carbocycles. The van der Waals surface area contributed by atoms with E-state index in [2.05, 4.69) is 5.32 Å². The van der Waals surface area contributed by atoms with Crippen molar-refractivity contribution in [3.63, 3.8) is 0 Å². The van der Waals surface area contributed by atoms with Gasteiger partial charge in [0.2, 0.25) is 11.8 Å². The molecule has 0 saturated heterocycles. The van der Waals surface area contributed by atoms with Crippen LogP contribution in [0.15, 0.2) is 42.5 Å². The van der Waals surface area contributed by atoms with Crippen LogP contribution in [0.1, 0.15) is 41.8 Å². The van der Waals surface area contributed by atoms with Gasteiger partial charge in [-0.1, -0.05) is 18.2 Å². The number of hydrogen-bond acceptors (Lipinski definition) is 4. The van der Waals surface area contributed by atoms with Gasteiger partial charge in [0.1, 0.15) is 0 Å². The Morgan fingerprint density at radius 1 is 1.04 bits per heavy atom. The molecule has 0 aliphatic heterocycles. The molecule has 1 N–H and O–H groups in total. The minimum atomic E-state index is -0.496. The molecule has 0 bridgehead atoms. The lowest BCUT2D eigenvalue weighted by Crippen LogP contribution is -2.33. The Morgan fingerprint density at radius 3 is 2.39 bits per heavy atom. The zero-order valence-electron chi connectivity index (χ0n) is 16.7. The van der Waals surface area contributed by atoms with Gasteiger partial charge in [-0.05, 0) is 56.2 Å². The quantitative estimate of drug-likeness (QED) is 0.738. The highest BCUT2D eigenvalue weighted by Crippen LogP contribution is 2.22. The zero-order valence-corrected chi connectivity index (χ0v) is 16.7. The fraction of sp³-hybridized carbons (Fsp3) is 0.318. The van der Waals surface area contributed by atoms with E-state index in [0.717, 1.165) is 16.8 Å². The minimum absolute atomic E-state index is 0.101. The van der Waals surface area contributed by atoms with Gasteiger partial charge in [-0.3, -0.25) is 9.59 Å². The number of ether oxygens (including phenoxy) is 1. The predicted octanol–water partition coefficient (Wildman–Crippen LogP) is 3.86. The van der Waals surface area contributed by atoms with E-state index >= 15 is 0 Å². The number of nitrogens with one attached hydrogen (secondary N) is 1. The van der Waals surface area contributed by atoms with Crippen molar-refractivity contribution in [2.45, 2.75) is 34.1 Å². The van der Waals surface area contributed by atoms with Gasteiger partial charge in [0.25, 0.3) is 0 Å². The molecule has 0 fully saturated rings. The number of para-hydroxylation sites is 1. The molecule has 28 heavy (non-hydrogen) atoms. The highest BCUT2D eigenvalue weighted by molar-refractivity contribution is 6.02. The Kier molecular flexibility index (Phi) is 7.32. The van der Waals surface area contributed by atoms with E-state index in [9.17, 15) is 14.4 Å². The smallest absolute Gasteiger partial charge is 0.340 e. The first-order valence-electron chi connectivity index (χ1n) is 9.24. The second-order valence-corrected chi connectivity index (χ2v) is 6.51. The number of esters is 1. The van der Waals surface area contributed by atoms with Crippen molar-refractivity contribution in [3.05, 3.63) is 59.2 Å². The molecular weight excluding hydrogens is 356 g/mol. The number of amides is 2. The summed E-state index contributed by atoms with van der Waals surface area (Å²) in [4.78, 5) is 38.1. The monoisotopic (exact) mass is 382 g/mol. The normalized spacial score (nSPS) is 10.3. The van der Waals surface area contributed by atoms with Crippen LogP contribution in [0.4, 0.5) is 11.4 Å². The maximum absolute atomic E-state index is 12.3. The molecule has 0 unspecified atom stereocenters. The van der Waals surface area contributed by atoms with Crippen LogP contribution in [0.3, 0.4) is 0 Å². The van der Waals surface area contributed by atoms with E-state index in [-0.39, 0.29) is 31.4 Å². The Balaban J connectivity index is 2.11. The lowest BCUT2D eigenvalue weighted by molar-refractivity contribution is -0.117. The lowest BCUT2D eigenvalue weighted by atomic mass is 10.1. The van der Waals surface area contributed by atoms with E-state index < -0.39 is 5.97 Å². The summed E-state index contributed by atoms with van der Waals surface area (Å²) < 4.78 is 5.07. The number of benzene rings is 2. The van der Waals surface area contributed by atoms with Crippen molar-refractivity contribution in [2.75, 3.05) is 23.4 Å². The Bertz CT molecular complexity index is 877. The number of rotatable bonds is 7. The molecule has 2 rings (SSSR count). The standard InChI is InChI=1S/C22H26N2O4/c1-5-28-22(27)19-8-6-7-9-20(19)24(17(4)25)13-12-21(26)23-18-11-10-15(2)16(3)14-18/h6-11,14H,5,12-13H2,1-4H3,(H,23,26). The summed E-state index contributed by atoms with van der Waals surface area (Å²) in [5.74, 6) is -0.956. The van der Waals surface area contributed by atoms with Crippen molar-refractivity contribution >= 4 is 29.2 Å². The Labute approximate surface area is 165 Å². The lowest BCUT2D eigenvalue weighted by Gasteiger charge is -2.23. The van der Waals surface area contributed by atoms with Gasteiger partial charge in [-0.25, -0.2) is 4.79 Å². The molecule has 0 radical (unpaired) electrons. The third-order valence-corrected chi connectivity index (χ3v) is 4.42. The maximum atomic E-state index is 12.3. The summed E-state index contributed by atoms with van der Waals surface area (Å²) in [6.45, 7) is 7.51. The van der Waals surface area contributed by atoms with Gasteiger partial charge in [-0.15, -0.1) is 0 Å². The van der Waals surface area contributed by atoms with Crippen molar-refractivity contribution in [1.29, 1.82) is 0 Å². The molecule has 2 aromatic rings. The van der Waals surface area contributed by atoms with Crippen LogP contribution in [0.25, 0.3) is 0 Å². The summed E-state index contributed by atoms with van der Waals surface area (Å²) in [5, 5.41) is 2.84. The number of nitrogens with zero attached hydrogens (tertiary/aromatic N) is 1. The first-order valence-corrected chi connectivity index (χ1v) is 9.24. The largest absolute Gasteiger partial charge is 0.462 e. The number of hydrogen-bond donors (Lipinski definition) is 1. The van der Waals surface area contributed by atoms with Crippen LogP contribution in [-0.2, 0) is 14.3 Å². The fourth-order valence-electron chi connectivity index (χ4n) is 2.79. The van der Waals surface area contributed by atoms with Crippen LogP contribution >= 0.6 is 0 Å². The van der Waals surface area contributed by atoms with Crippen molar-refractivity contribution in [3.8, 4) is 0 Å². The average Bonchev–Trinajstić information content (AvgIpc) is 2.65. The molecule has 0 aliphatic rings. The van der Waals surface area contributed by atoms with Crippen molar-refractivity contribution < 1.29 is 19.1 Å². The minimum Gasteiger partial charge on any atom is -0.462 e. The fourth-order valence-corrected chi connectivity index (χ4v) is 2.79. The van der Waals surface area contributed by atoms with Gasteiger partial charge in [0.05, 0.1) is 17.9 Å². The molecule has 2 aromatic carbocycles. The summed E-state index contributed by atoms with van der Waals surface area (Å²) in [6.07, 6.45) is 0.101.